The first-order chi connectivity index (χ1) is 12.8. The zero-order chi connectivity index (χ0) is 19.4. The van der Waals surface area contributed by atoms with Gasteiger partial charge in [-0.3, -0.25) is 9.52 Å². The third kappa shape index (κ3) is 4.93. The number of benzene rings is 3. The summed E-state index contributed by atoms with van der Waals surface area (Å²) in [5, 5.41) is 2.74. The lowest BCUT2D eigenvalue weighted by molar-refractivity contribution is 0.102. The van der Waals surface area contributed by atoms with Crippen LogP contribution in [0.2, 0.25) is 0 Å². The summed E-state index contributed by atoms with van der Waals surface area (Å²) < 4.78 is 41.0. The van der Waals surface area contributed by atoms with Crippen molar-refractivity contribution in [2.24, 2.45) is 0 Å². The molecule has 0 aromatic heterocycles. The molecule has 3 aromatic carbocycles. The van der Waals surface area contributed by atoms with E-state index in [4.69, 9.17) is 0 Å². The standard InChI is InChI=1S/C19H14BrFN2O3S/c20-14-4-2-5-16(12-14)22-19(24)13-3-1-6-17(11-13)23-27(25,26)18-9-7-15(21)8-10-18/h1-12,23H,(H,22,24). The maximum absolute atomic E-state index is 13.0. The van der Waals surface area contributed by atoms with Crippen LogP contribution in [0.25, 0.3) is 0 Å². The van der Waals surface area contributed by atoms with Gasteiger partial charge >= 0.3 is 0 Å². The number of hydrogen-bond donors (Lipinski definition) is 2. The summed E-state index contributed by atoms with van der Waals surface area (Å²) in [7, 11) is -3.89. The van der Waals surface area contributed by atoms with Crippen LogP contribution in [0.5, 0.6) is 0 Å². The Morgan fingerprint density at radius 2 is 1.56 bits per heavy atom. The van der Waals surface area contributed by atoms with Gasteiger partial charge in [0.1, 0.15) is 5.82 Å². The monoisotopic (exact) mass is 448 g/mol. The highest BCUT2D eigenvalue weighted by atomic mass is 79.9. The highest BCUT2D eigenvalue weighted by molar-refractivity contribution is 9.10. The number of carbonyl (C=O) groups excluding carboxylic acids is 1. The first-order valence-corrected chi connectivity index (χ1v) is 10.1. The van der Waals surface area contributed by atoms with Crippen molar-refractivity contribution in [3.8, 4) is 0 Å². The molecule has 0 saturated heterocycles. The molecule has 3 rings (SSSR count). The van der Waals surface area contributed by atoms with Gasteiger partial charge in [0.15, 0.2) is 0 Å². The molecule has 8 heteroatoms. The lowest BCUT2D eigenvalue weighted by Crippen LogP contribution is -2.15. The molecule has 0 spiro atoms. The fourth-order valence-electron chi connectivity index (χ4n) is 2.32. The Morgan fingerprint density at radius 1 is 0.889 bits per heavy atom. The number of hydrogen-bond acceptors (Lipinski definition) is 3. The van der Waals surface area contributed by atoms with E-state index in [-0.39, 0.29) is 22.1 Å². The molecule has 138 valence electrons. The van der Waals surface area contributed by atoms with Crippen LogP contribution >= 0.6 is 15.9 Å². The number of rotatable bonds is 5. The summed E-state index contributed by atoms with van der Waals surface area (Å²) in [4.78, 5) is 12.3. The minimum absolute atomic E-state index is 0.0760. The largest absolute Gasteiger partial charge is 0.322 e. The number of amides is 1. The predicted molar refractivity (Wildman–Crippen MR) is 106 cm³/mol. The van der Waals surface area contributed by atoms with E-state index in [0.29, 0.717) is 5.69 Å². The van der Waals surface area contributed by atoms with E-state index in [1.165, 1.54) is 24.3 Å². The molecule has 0 heterocycles. The highest BCUT2D eigenvalue weighted by Crippen LogP contribution is 2.20. The lowest BCUT2D eigenvalue weighted by atomic mass is 10.2. The molecule has 0 aliphatic carbocycles. The smallest absolute Gasteiger partial charge is 0.261 e. The normalized spacial score (nSPS) is 11.0. The average Bonchev–Trinajstić information content (AvgIpc) is 2.62. The van der Waals surface area contributed by atoms with Crippen molar-refractivity contribution in [1.82, 2.24) is 0 Å². The number of sulfonamides is 1. The first kappa shape index (κ1) is 19.1. The zero-order valence-electron chi connectivity index (χ0n) is 13.8. The molecule has 0 saturated carbocycles. The first-order valence-electron chi connectivity index (χ1n) is 7.79. The molecule has 2 N–H and O–H groups in total. The topological polar surface area (TPSA) is 75.3 Å². The van der Waals surface area contributed by atoms with E-state index >= 15 is 0 Å². The summed E-state index contributed by atoms with van der Waals surface area (Å²) in [6.07, 6.45) is 0. The Hall–Kier alpha value is -2.71. The van der Waals surface area contributed by atoms with Crippen LogP contribution in [0.1, 0.15) is 10.4 Å². The minimum Gasteiger partial charge on any atom is -0.322 e. The maximum atomic E-state index is 13.0. The van der Waals surface area contributed by atoms with Crippen molar-refractivity contribution in [1.29, 1.82) is 0 Å². The van der Waals surface area contributed by atoms with E-state index in [1.807, 2.05) is 6.07 Å². The second kappa shape index (κ2) is 7.89. The van der Waals surface area contributed by atoms with Gasteiger partial charge < -0.3 is 5.32 Å². The van der Waals surface area contributed by atoms with Crippen molar-refractivity contribution in [2.45, 2.75) is 4.90 Å². The molecule has 0 radical (unpaired) electrons. The zero-order valence-corrected chi connectivity index (χ0v) is 16.2. The van der Waals surface area contributed by atoms with Crippen molar-refractivity contribution < 1.29 is 17.6 Å². The Balaban J connectivity index is 1.79. The molecule has 27 heavy (non-hydrogen) atoms. The van der Waals surface area contributed by atoms with Crippen molar-refractivity contribution in [3.63, 3.8) is 0 Å². The van der Waals surface area contributed by atoms with Crippen LogP contribution < -0.4 is 10.0 Å². The highest BCUT2D eigenvalue weighted by Gasteiger charge is 2.15. The number of carbonyl (C=O) groups is 1. The second-order valence-electron chi connectivity index (χ2n) is 5.60. The van der Waals surface area contributed by atoms with Crippen molar-refractivity contribution in [3.05, 3.63) is 88.6 Å². The minimum atomic E-state index is -3.89. The molecule has 0 fully saturated rings. The van der Waals surface area contributed by atoms with Crippen molar-refractivity contribution >= 4 is 43.2 Å². The number of halogens is 2. The lowest BCUT2D eigenvalue weighted by Gasteiger charge is -2.10. The molecule has 5 nitrogen and oxygen atoms in total. The van der Waals surface area contributed by atoms with Gasteiger partial charge in [0, 0.05) is 21.4 Å². The van der Waals surface area contributed by atoms with Gasteiger partial charge in [0.25, 0.3) is 15.9 Å². The van der Waals surface area contributed by atoms with E-state index in [2.05, 4.69) is 26.0 Å². The van der Waals surface area contributed by atoms with Crippen molar-refractivity contribution in [2.75, 3.05) is 10.0 Å². The van der Waals surface area contributed by atoms with E-state index in [1.54, 1.807) is 30.3 Å². The third-order valence-corrected chi connectivity index (χ3v) is 5.47. The Morgan fingerprint density at radius 3 is 2.26 bits per heavy atom. The van der Waals surface area contributed by atoms with Crippen LogP contribution in [-0.2, 0) is 10.0 Å². The average molecular weight is 449 g/mol. The van der Waals surface area contributed by atoms with Gasteiger partial charge in [0.2, 0.25) is 0 Å². The van der Waals surface area contributed by atoms with Gasteiger partial charge in [-0.1, -0.05) is 28.1 Å². The summed E-state index contributed by atoms with van der Waals surface area (Å²) in [5.74, 6) is -0.906. The quantitative estimate of drug-likeness (QED) is 0.596. The molecule has 3 aromatic rings. The summed E-state index contributed by atoms with van der Waals surface area (Å²) >= 11 is 3.33. The predicted octanol–water partition coefficient (Wildman–Crippen LogP) is 4.64. The molecule has 0 aliphatic heterocycles. The molecule has 0 bridgehead atoms. The van der Waals surface area contributed by atoms with Crippen LogP contribution in [0.3, 0.4) is 0 Å². The molecule has 0 atom stereocenters. The SMILES string of the molecule is O=C(Nc1cccc(Br)c1)c1cccc(NS(=O)(=O)c2ccc(F)cc2)c1. The van der Waals surface area contributed by atoms with Crippen LogP contribution in [-0.4, -0.2) is 14.3 Å². The number of nitrogens with one attached hydrogen (secondary N) is 2. The van der Waals surface area contributed by atoms with Gasteiger partial charge in [0.05, 0.1) is 4.90 Å². The maximum Gasteiger partial charge on any atom is 0.261 e. The van der Waals surface area contributed by atoms with E-state index in [0.717, 1.165) is 16.6 Å². The number of anilines is 2. The van der Waals surface area contributed by atoms with Gasteiger partial charge in [-0.05, 0) is 60.7 Å². The Labute approximate surface area is 164 Å². The molecular formula is C19H14BrFN2O3S. The third-order valence-electron chi connectivity index (χ3n) is 3.58. The molecular weight excluding hydrogens is 435 g/mol. The van der Waals surface area contributed by atoms with Crippen LogP contribution in [0, 0.1) is 5.82 Å². The molecule has 1 amide bonds. The van der Waals surface area contributed by atoms with Gasteiger partial charge in [-0.15, -0.1) is 0 Å². The van der Waals surface area contributed by atoms with Crippen LogP contribution in [0.4, 0.5) is 15.8 Å². The second-order valence-corrected chi connectivity index (χ2v) is 8.20. The fourth-order valence-corrected chi connectivity index (χ4v) is 3.77. The van der Waals surface area contributed by atoms with Crippen LogP contribution in [0.15, 0.2) is 82.2 Å². The van der Waals surface area contributed by atoms with Gasteiger partial charge in [-0.2, -0.15) is 0 Å². The molecule has 0 unspecified atom stereocenters. The summed E-state index contributed by atoms with van der Waals surface area (Å²) in [6.45, 7) is 0. The summed E-state index contributed by atoms with van der Waals surface area (Å²) in [5.41, 5.74) is 1.11. The van der Waals surface area contributed by atoms with Gasteiger partial charge in [-0.25, -0.2) is 12.8 Å². The Kier molecular flexibility index (Phi) is 5.57. The summed E-state index contributed by atoms with van der Waals surface area (Å²) in [6, 6.07) is 17.7. The van der Waals surface area contributed by atoms with E-state index in [9.17, 15) is 17.6 Å². The Bertz CT molecular complexity index is 1090. The van der Waals surface area contributed by atoms with E-state index < -0.39 is 15.8 Å². The fraction of sp³-hybridized carbons (Fsp3) is 0. The molecule has 0 aliphatic rings.